The predicted octanol–water partition coefficient (Wildman–Crippen LogP) is 4.16. The lowest BCUT2D eigenvalue weighted by Crippen LogP contribution is -2.09. The molecule has 0 bridgehead atoms. The minimum absolute atomic E-state index is 0.309. The molecule has 0 atom stereocenters. The van der Waals surface area contributed by atoms with Crippen molar-refractivity contribution in [2.75, 3.05) is 17.2 Å². The summed E-state index contributed by atoms with van der Waals surface area (Å²) >= 11 is 0. The first-order valence-corrected chi connectivity index (χ1v) is 8.21. The van der Waals surface area contributed by atoms with Gasteiger partial charge >= 0.3 is 0 Å². The first-order valence-electron chi connectivity index (χ1n) is 8.21. The fourth-order valence-electron chi connectivity index (χ4n) is 2.67. The number of aromatic nitrogens is 3. The maximum atomic E-state index is 14.3. The van der Waals surface area contributed by atoms with Gasteiger partial charge in [0.2, 0.25) is 5.95 Å². The van der Waals surface area contributed by atoms with Crippen molar-refractivity contribution in [1.29, 1.82) is 0 Å². The van der Waals surface area contributed by atoms with Crippen LogP contribution in [0.2, 0.25) is 0 Å². The van der Waals surface area contributed by atoms with Gasteiger partial charge in [0, 0.05) is 12.6 Å². The van der Waals surface area contributed by atoms with Crippen LogP contribution in [0.25, 0.3) is 10.9 Å². The lowest BCUT2D eigenvalue weighted by molar-refractivity contribution is 0.423. The van der Waals surface area contributed by atoms with E-state index in [-0.39, 0.29) is 0 Å². The Bertz CT molecular complexity index is 1010. The van der Waals surface area contributed by atoms with Crippen molar-refractivity contribution < 1.29 is 8.91 Å². The highest BCUT2D eigenvalue weighted by Crippen LogP contribution is 2.27. The number of anilines is 3. The van der Waals surface area contributed by atoms with Gasteiger partial charge in [0.05, 0.1) is 10.9 Å². The molecule has 2 heterocycles. The monoisotopic (exact) mass is 349 g/mol. The van der Waals surface area contributed by atoms with Gasteiger partial charge in [-0.05, 0) is 24.1 Å². The molecule has 0 fully saturated rings. The number of benzene rings is 2. The van der Waals surface area contributed by atoms with E-state index in [1.165, 1.54) is 17.9 Å². The number of nitrogens with zero attached hydrogens (tertiary/aromatic N) is 3. The van der Waals surface area contributed by atoms with Crippen molar-refractivity contribution in [2.24, 2.45) is 0 Å². The molecule has 0 aliphatic rings. The molecular weight excluding hydrogens is 333 g/mol. The van der Waals surface area contributed by atoms with E-state index in [1.807, 2.05) is 18.2 Å². The lowest BCUT2D eigenvalue weighted by Gasteiger charge is -2.11. The third-order valence-electron chi connectivity index (χ3n) is 3.90. The highest BCUT2D eigenvalue weighted by Gasteiger charge is 2.13. The van der Waals surface area contributed by atoms with E-state index in [1.54, 1.807) is 18.2 Å². The smallest absolute Gasteiger partial charge is 0.225 e. The number of rotatable bonds is 6. The summed E-state index contributed by atoms with van der Waals surface area (Å²) in [5, 5.41) is 10.3. The van der Waals surface area contributed by atoms with Crippen molar-refractivity contribution in [3.05, 3.63) is 72.2 Å². The van der Waals surface area contributed by atoms with Crippen LogP contribution in [-0.2, 0) is 6.42 Å². The number of hydrogen-bond acceptors (Lipinski definition) is 6. The molecule has 4 aromatic rings. The van der Waals surface area contributed by atoms with Crippen LogP contribution >= 0.6 is 0 Å². The van der Waals surface area contributed by atoms with Crippen LogP contribution in [0, 0.1) is 5.82 Å². The van der Waals surface area contributed by atoms with Crippen LogP contribution in [-0.4, -0.2) is 21.7 Å². The second kappa shape index (κ2) is 7.18. The number of nitrogens with one attached hydrogen (secondary N) is 2. The zero-order chi connectivity index (χ0) is 17.8. The Hall–Kier alpha value is -3.48. The van der Waals surface area contributed by atoms with Gasteiger partial charge in [0.25, 0.3) is 0 Å². The van der Waals surface area contributed by atoms with E-state index in [4.69, 9.17) is 4.52 Å². The molecular formula is C19H16FN5O. The van der Waals surface area contributed by atoms with Crippen molar-refractivity contribution in [3.63, 3.8) is 0 Å². The molecule has 2 aromatic carbocycles. The zero-order valence-corrected chi connectivity index (χ0v) is 13.8. The van der Waals surface area contributed by atoms with E-state index in [2.05, 4.69) is 37.9 Å². The summed E-state index contributed by atoms with van der Waals surface area (Å²) in [5.41, 5.74) is 1.72. The Morgan fingerprint density at radius 2 is 1.85 bits per heavy atom. The molecule has 2 aromatic heterocycles. The standard InChI is InChI=1S/C19H16FN5O/c20-14-7-4-8-15-17(14)18(23-16-10-12-26-25-16)24-19(22-15)21-11-9-13-5-2-1-3-6-13/h1-8,10,12H,9,11H2,(H2,21,22,23,24,25). The molecule has 2 N–H and O–H groups in total. The normalized spacial score (nSPS) is 10.8. The Morgan fingerprint density at radius 3 is 2.65 bits per heavy atom. The first-order chi connectivity index (χ1) is 12.8. The molecule has 0 saturated heterocycles. The van der Waals surface area contributed by atoms with Crippen LogP contribution in [0.5, 0.6) is 0 Å². The van der Waals surface area contributed by atoms with Gasteiger partial charge in [0.15, 0.2) is 5.82 Å². The highest BCUT2D eigenvalue weighted by molar-refractivity contribution is 5.92. The quantitative estimate of drug-likeness (QED) is 0.544. The van der Waals surface area contributed by atoms with Gasteiger partial charge in [-0.25, -0.2) is 9.37 Å². The summed E-state index contributed by atoms with van der Waals surface area (Å²) in [6, 6.07) is 16.5. The van der Waals surface area contributed by atoms with Gasteiger partial charge in [-0.15, -0.1) is 0 Å². The molecule has 0 saturated carbocycles. The number of hydrogen-bond donors (Lipinski definition) is 2. The van der Waals surface area contributed by atoms with E-state index in [0.29, 0.717) is 35.0 Å². The molecule has 4 rings (SSSR count). The van der Waals surface area contributed by atoms with Crippen LogP contribution < -0.4 is 10.6 Å². The SMILES string of the molecule is Fc1cccc2nc(NCCc3ccccc3)nc(Nc3ccon3)c12. The van der Waals surface area contributed by atoms with Crippen LogP contribution in [0.4, 0.5) is 22.0 Å². The Morgan fingerprint density at radius 1 is 0.962 bits per heavy atom. The van der Waals surface area contributed by atoms with Crippen LogP contribution in [0.15, 0.2) is 65.4 Å². The maximum Gasteiger partial charge on any atom is 0.225 e. The third-order valence-corrected chi connectivity index (χ3v) is 3.90. The molecule has 26 heavy (non-hydrogen) atoms. The van der Waals surface area contributed by atoms with Gasteiger partial charge in [-0.2, -0.15) is 4.98 Å². The fraction of sp³-hybridized carbons (Fsp3) is 0.105. The summed E-state index contributed by atoms with van der Waals surface area (Å²) in [5.74, 6) is 0.807. The second-order valence-electron chi connectivity index (χ2n) is 5.70. The van der Waals surface area contributed by atoms with Crippen LogP contribution in [0.1, 0.15) is 5.56 Å². The van der Waals surface area contributed by atoms with E-state index in [0.717, 1.165) is 6.42 Å². The predicted molar refractivity (Wildman–Crippen MR) is 97.9 cm³/mol. The zero-order valence-electron chi connectivity index (χ0n) is 13.8. The van der Waals surface area contributed by atoms with Gasteiger partial charge < -0.3 is 15.2 Å². The number of fused-ring (bicyclic) bond motifs is 1. The summed E-state index contributed by atoms with van der Waals surface area (Å²) in [7, 11) is 0. The van der Waals surface area contributed by atoms with E-state index >= 15 is 0 Å². The summed E-state index contributed by atoms with van der Waals surface area (Å²) in [4.78, 5) is 8.82. The molecule has 0 radical (unpaired) electrons. The molecule has 130 valence electrons. The highest BCUT2D eigenvalue weighted by atomic mass is 19.1. The molecule has 0 spiro atoms. The molecule has 6 nitrogen and oxygen atoms in total. The van der Waals surface area contributed by atoms with E-state index < -0.39 is 5.82 Å². The second-order valence-corrected chi connectivity index (χ2v) is 5.70. The average Bonchev–Trinajstić information content (AvgIpc) is 3.16. The maximum absolute atomic E-state index is 14.3. The molecule has 0 amide bonds. The Balaban J connectivity index is 1.60. The number of halogens is 1. The molecule has 7 heteroatoms. The molecule has 0 unspecified atom stereocenters. The topological polar surface area (TPSA) is 75.9 Å². The van der Waals surface area contributed by atoms with Crippen molar-refractivity contribution >= 4 is 28.5 Å². The van der Waals surface area contributed by atoms with E-state index in [9.17, 15) is 4.39 Å². The third kappa shape index (κ3) is 3.46. The van der Waals surface area contributed by atoms with Gasteiger partial charge in [-0.3, -0.25) is 0 Å². The van der Waals surface area contributed by atoms with Gasteiger partial charge in [-0.1, -0.05) is 41.6 Å². The first kappa shape index (κ1) is 16.0. The minimum Gasteiger partial charge on any atom is -0.363 e. The van der Waals surface area contributed by atoms with Crippen molar-refractivity contribution in [2.45, 2.75) is 6.42 Å². The fourth-order valence-corrected chi connectivity index (χ4v) is 2.67. The largest absolute Gasteiger partial charge is 0.363 e. The summed E-state index contributed by atoms with van der Waals surface area (Å²) in [6.07, 6.45) is 2.26. The van der Waals surface area contributed by atoms with Gasteiger partial charge in [0.1, 0.15) is 17.9 Å². The Kier molecular flexibility index (Phi) is 4.42. The average molecular weight is 349 g/mol. The Labute approximate surface area is 149 Å². The summed E-state index contributed by atoms with van der Waals surface area (Å²) in [6.45, 7) is 0.661. The molecule has 0 aliphatic heterocycles. The summed E-state index contributed by atoms with van der Waals surface area (Å²) < 4.78 is 19.1. The van der Waals surface area contributed by atoms with Crippen LogP contribution in [0.3, 0.4) is 0 Å². The minimum atomic E-state index is -0.399. The van der Waals surface area contributed by atoms with Crippen molar-refractivity contribution in [1.82, 2.24) is 15.1 Å². The van der Waals surface area contributed by atoms with Crippen molar-refractivity contribution in [3.8, 4) is 0 Å². The lowest BCUT2D eigenvalue weighted by atomic mass is 10.1. The molecule has 0 aliphatic carbocycles.